The second kappa shape index (κ2) is 7.90. The van der Waals surface area contributed by atoms with Crippen LogP contribution in [0.3, 0.4) is 0 Å². The van der Waals surface area contributed by atoms with Gasteiger partial charge in [0, 0.05) is 0 Å². The average Bonchev–Trinajstić information content (AvgIpc) is 2.39. The molecule has 0 radical (unpaired) electrons. The lowest BCUT2D eigenvalue weighted by molar-refractivity contribution is -0.123. The van der Waals surface area contributed by atoms with Crippen molar-refractivity contribution in [2.75, 3.05) is 0 Å². The van der Waals surface area contributed by atoms with Gasteiger partial charge in [-0.2, -0.15) is 0 Å². The van der Waals surface area contributed by atoms with E-state index in [1.165, 1.54) is 0 Å². The van der Waals surface area contributed by atoms with Gasteiger partial charge in [-0.05, 0) is 44.9 Å². The van der Waals surface area contributed by atoms with Crippen molar-refractivity contribution in [3.05, 3.63) is 29.8 Å². The monoisotopic (exact) mass is 278 g/mol. The zero-order chi connectivity index (χ0) is 15.1. The first-order chi connectivity index (χ1) is 9.43. The summed E-state index contributed by atoms with van der Waals surface area (Å²) in [6.45, 7) is 7.96. The largest absolute Gasteiger partial charge is 0.491 e. The zero-order valence-electron chi connectivity index (χ0n) is 12.8. The van der Waals surface area contributed by atoms with Crippen LogP contribution in [0, 0.1) is 0 Å². The molecular weight excluding hydrogens is 252 g/mol. The Morgan fingerprint density at radius 3 is 2.35 bits per heavy atom. The molecule has 0 saturated carbocycles. The van der Waals surface area contributed by atoms with Gasteiger partial charge in [0.05, 0.1) is 18.2 Å². The summed E-state index contributed by atoms with van der Waals surface area (Å²) in [6.07, 6.45) is 1.77. The summed E-state index contributed by atoms with van der Waals surface area (Å²) >= 11 is 0. The molecule has 20 heavy (non-hydrogen) atoms. The minimum Gasteiger partial charge on any atom is -0.491 e. The molecule has 4 heteroatoms. The second-order valence-corrected chi connectivity index (χ2v) is 5.36. The van der Waals surface area contributed by atoms with Crippen LogP contribution in [0.1, 0.15) is 52.1 Å². The Hall–Kier alpha value is -1.55. The number of ether oxygens (including phenoxy) is 1. The summed E-state index contributed by atoms with van der Waals surface area (Å²) in [5.41, 5.74) is 6.84. The van der Waals surface area contributed by atoms with Crippen molar-refractivity contribution in [1.82, 2.24) is 5.32 Å². The van der Waals surface area contributed by atoms with E-state index >= 15 is 0 Å². The molecule has 3 N–H and O–H groups in total. The van der Waals surface area contributed by atoms with Gasteiger partial charge in [-0.25, -0.2) is 0 Å². The second-order valence-electron chi connectivity index (χ2n) is 5.36. The van der Waals surface area contributed by atoms with Gasteiger partial charge >= 0.3 is 0 Å². The summed E-state index contributed by atoms with van der Waals surface area (Å²) in [5, 5.41) is 2.94. The van der Waals surface area contributed by atoms with Crippen LogP contribution in [0.4, 0.5) is 0 Å². The number of carbonyl (C=O) groups excluding carboxylic acids is 1. The third kappa shape index (κ3) is 5.21. The minimum atomic E-state index is -0.425. The quantitative estimate of drug-likeness (QED) is 0.806. The SMILES string of the molecule is CCC[C@H](N)C(=O)NC(C)c1ccc(OC(C)C)cc1. The molecule has 0 fully saturated rings. The normalized spacial score (nSPS) is 13.9. The zero-order valence-corrected chi connectivity index (χ0v) is 12.8. The number of nitrogens with one attached hydrogen (secondary N) is 1. The molecule has 0 spiro atoms. The molecule has 4 nitrogen and oxygen atoms in total. The van der Waals surface area contributed by atoms with E-state index in [9.17, 15) is 4.79 Å². The molecule has 0 aliphatic rings. The van der Waals surface area contributed by atoms with Crippen LogP contribution in [0.2, 0.25) is 0 Å². The van der Waals surface area contributed by atoms with E-state index in [2.05, 4.69) is 5.32 Å². The summed E-state index contributed by atoms with van der Waals surface area (Å²) in [4.78, 5) is 11.9. The molecule has 1 aromatic rings. The summed E-state index contributed by atoms with van der Waals surface area (Å²) < 4.78 is 5.59. The maximum atomic E-state index is 11.9. The van der Waals surface area contributed by atoms with Crippen molar-refractivity contribution in [1.29, 1.82) is 0 Å². The minimum absolute atomic E-state index is 0.0569. The van der Waals surface area contributed by atoms with E-state index in [0.717, 1.165) is 17.7 Å². The molecule has 0 aliphatic carbocycles. The van der Waals surface area contributed by atoms with Crippen molar-refractivity contribution >= 4 is 5.91 Å². The van der Waals surface area contributed by atoms with Gasteiger partial charge in [-0.3, -0.25) is 4.79 Å². The van der Waals surface area contributed by atoms with Crippen molar-refractivity contribution in [2.24, 2.45) is 5.73 Å². The van der Waals surface area contributed by atoms with E-state index in [0.29, 0.717) is 6.42 Å². The Morgan fingerprint density at radius 2 is 1.85 bits per heavy atom. The summed E-state index contributed by atoms with van der Waals surface area (Å²) in [6, 6.07) is 7.29. The number of amides is 1. The molecule has 0 heterocycles. The van der Waals surface area contributed by atoms with Crippen LogP contribution in [0.25, 0.3) is 0 Å². The van der Waals surface area contributed by atoms with Crippen molar-refractivity contribution in [3.63, 3.8) is 0 Å². The van der Waals surface area contributed by atoms with Gasteiger partial charge < -0.3 is 15.8 Å². The number of benzene rings is 1. The first-order valence-corrected chi connectivity index (χ1v) is 7.26. The van der Waals surface area contributed by atoms with E-state index in [1.807, 2.05) is 52.0 Å². The van der Waals surface area contributed by atoms with Crippen LogP contribution in [-0.2, 0) is 4.79 Å². The molecule has 112 valence electrons. The highest BCUT2D eigenvalue weighted by atomic mass is 16.5. The molecule has 0 bridgehead atoms. The fraction of sp³-hybridized carbons (Fsp3) is 0.562. The first-order valence-electron chi connectivity index (χ1n) is 7.26. The van der Waals surface area contributed by atoms with E-state index in [1.54, 1.807) is 0 Å². The predicted octanol–water partition coefficient (Wildman–Crippen LogP) is 2.78. The Kier molecular flexibility index (Phi) is 6.52. The lowest BCUT2D eigenvalue weighted by Crippen LogP contribution is -2.41. The van der Waals surface area contributed by atoms with E-state index in [-0.39, 0.29) is 18.1 Å². The highest BCUT2D eigenvalue weighted by Gasteiger charge is 2.15. The van der Waals surface area contributed by atoms with Crippen LogP contribution in [0.15, 0.2) is 24.3 Å². The van der Waals surface area contributed by atoms with Gasteiger partial charge in [-0.15, -0.1) is 0 Å². The topological polar surface area (TPSA) is 64.4 Å². The third-order valence-electron chi connectivity index (χ3n) is 3.05. The van der Waals surface area contributed by atoms with Gasteiger partial charge in [0.2, 0.25) is 5.91 Å². The first kappa shape index (κ1) is 16.5. The van der Waals surface area contributed by atoms with Crippen molar-refractivity contribution in [2.45, 2.75) is 58.7 Å². The predicted molar refractivity (Wildman–Crippen MR) is 81.6 cm³/mol. The molecule has 1 rings (SSSR count). The van der Waals surface area contributed by atoms with Crippen molar-refractivity contribution in [3.8, 4) is 5.75 Å². The Morgan fingerprint density at radius 1 is 1.25 bits per heavy atom. The number of rotatable bonds is 7. The van der Waals surface area contributed by atoms with Gasteiger partial charge in [0.15, 0.2) is 0 Å². The fourth-order valence-electron chi connectivity index (χ4n) is 1.95. The molecule has 0 saturated heterocycles. The number of hydrogen-bond acceptors (Lipinski definition) is 3. The average molecular weight is 278 g/mol. The summed E-state index contributed by atoms with van der Waals surface area (Å²) in [7, 11) is 0. The number of hydrogen-bond donors (Lipinski definition) is 2. The van der Waals surface area contributed by atoms with Crippen LogP contribution < -0.4 is 15.8 Å². The molecule has 0 aliphatic heterocycles. The standard InChI is InChI=1S/C16H26N2O2/c1-5-6-15(17)16(19)18-12(4)13-7-9-14(10-8-13)20-11(2)3/h7-12,15H,5-6,17H2,1-4H3,(H,18,19)/t12?,15-/m0/s1. The molecule has 1 amide bonds. The van der Waals surface area contributed by atoms with Gasteiger partial charge in [0.1, 0.15) is 5.75 Å². The van der Waals surface area contributed by atoms with Crippen LogP contribution >= 0.6 is 0 Å². The fourth-order valence-corrected chi connectivity index (χ4v) is 1.95. The smallest absolute Gasteiger partial charge is 0.237 e. The lowest BCUT2D eigenvalue weighted by atomic mass is 10.1. The lowest BCUT2D eigenvalue weighted by Gasteiger charge is -2.18. The molecule has 1 unspecified atom stereocenters. The van der Waals surface area contributed by atoms with Crippen LogP contribution in [0.5, 0.6) is 5.75 Å². The Bertz CT molecular complexity index is 415. The third-order valence-corrected chi connectivity index (χ3v) is 3.05. The molecule has 1 aromatic carbocycles. The molecule has 0 aromatic heterocycles. The van der Waals surface area contributed by atoms with Gasteiger partial charge in [-0.1, -0.05) is 25.5 Å². The Balaban J connectivity index is 2.59. The Labute approximate surface area is 121 Å². The van der Waals surface area contributed by atoms with Gasteiger partial charge in [0.25, 0.3) is 0 Å². The van der Waals surface area contributed by atoms with Crippen molar-refractivity contribution < 1.29 is 9.53 Å². The van der Waals surface area contributed by atoms with E-state index < -0.39 is 6.04 Å². The highest BCUT2D eigenvalue weighted by Crippen LogP contribution is 2.18. The maximum absolute atomic E-state index is 11.9. The molecule has 2 atom stereocenters. The number of nitrogens with two attached hydrogens (primary N) is 1. The molecular formula is C16H26N2O2. The highest BCUT2D eigenvalue weighted by molar-refractivity contribution is 5.81. The summed E-state index contributed by atoms with van der Waals surface area (Å²) in [5.74, 6) is 0.742. The maximum Gasteiger partial charge on any atom is 0.237 e. The number of carbonyl (C=O) groups is 1. The van der Waals surface area contributed by atoms with E-state index in [4.69, 9.17) is 10.5 Å². The van der Waals surface area contributed by atoms with Crippen LogP contribution in [-0.4, -0.2) is 18.1 Å².